The zero-order valence-corrected chi connectivity index (χ0v) is 13.6. The van der Waals surface area contributed by atoms with Crippen LogP contribution in [0, 0.1) is 5.82 Å². The number of hydrogen-bond acceptors (Lipinski definition) is 5. The van der Waals surface area contributed by atoms with Gasteiger partial charge in [0.2, 0.25) is 0 Å². The first kappa shape index (κ1) is 17.9. The molecule has 0 aliphatic carbocycles. The molecule has 2 rings (SSSR count). The van der Waals surface area contributed by atoms with E-state index in [1.54, 1.807) is 0 Å². The summed E-state index contributed by atoms with van der Waals surface area (Å²) in [5.41, 5.74) is 2.72. The molecule has 3 amide bonds. The Hall–Kier alpha value is -2.45. The van der Waals surface area contributed by atoms with Crippen molar-refractivity contribution in [3.8, 4) is 0 Å². The molecule has 1 aliphatic rings. The highest BCUT2D eigenvalue weighted by atomic mass is 32.2. The van der Waals surface area contributed by atoms with Crippen LogP contribution in [-0.4, -0.2) is 34.6 Å². The van der Waals surface area contributed by atoms with E-state index in [0.717, 1.165) is 16.7 Å². The molecule has 126 valence electrons. The number of thioether (sulfide) groups is 1. The lowest BCUT2D eigenvalue weighted by molar-refractivity contribution is -0.140. The van der Waals surface area contributed by atoms with Gasteiger partial charge in [-0.25, -0.2) is 9.87 Å². The van der Waals surface area contributed by atoms with Gasteiger partial charge in [-0.15, -0.1) is 6.58 Å². The van der Waals surface area contributed by atoms with Gasteiger partial charge < -0.3 is 0 Å². The molecular formula is C16H15FN2O4S. The van der Waals surface area contributed by atoms with E-state index in [4.69, 9.17) is 4.84 Å². The number of nitrogens with zero attached hydrogens (tertiary/aromatic N) is 1. The van der Waals surface area contributed by atoms with Crippen molar-refractivity contribution in [2.75, 3.05) is 6.61 Å². The SMILES string of the molecule is C=CCONC(=O)C(C)N1C(=O)S/C(=C\c2ccc(F)cc2)C1=O. The van der Waals surface area contributed by atoms with Crippen molar-refractivity contribution >= 4 is 34.9 Å². The molecule has 1 saturated heterocycles. The first-order valence-electron chi connectivity index (χ1n) is 6.99. The smallest absolute Gasteiger partial charge is 0.270 e. The average molecular weight is 350 g/mol. The Labute approximate surface area is 142 Å². The van der Waals surface area contributed by atoms with Crippen LogP contribution in [0.15, 0.2) is 41.8 Å². The Bertz CT molecular complexity index is 703. The molecule has 1 N–H and O–H groups in total. The Balaban J connectivity index is 2.11. The minimum atomic E-state index is -1.03. The molecule has 1 heterocycles. The summed E-state index contributed by atoms with van der Waals surface area (Å²) in [4.78, 5) is 42.1. The zero-order valence-electron chi connectivity index (χ0n) is 12.8. The molecule has 1 aromatic rings. The van der Waals surface area contributed by atoms with Gasteiger partial charge in [-0.3, -0.25) is 24.1 Å². The molecule has 6 nitrogen and oxygen atoms in total. The summed E-state index contributed by atoms with van der Waals surface area (Å²) in [5.74, 6) is -1.60. The van der Waals surface area contributed by atoms with Crippen LogP contribution >= 0.6 is 11.8 Å². The number of hydroxylamine groups is 1. The summed E-state index contributed by atoms with van der Waals surface area (Å²) in [7, 11) is 0. The van der Waals surface area contributed by atoms with Crippen LogP contribution in [0.3, 0.4) is 0 Å². The van der Waals surface area contributed by atoms with Crippen molar-refractivity contribution in [3.63, 3.8) is 0 Å². The predicted octanol–water partition coefficient (Wildman–Crippen LogP) is 2.48. The summed E-state index contributed by atoms with van der Waals surface area (Å²) in [6.45, 7) is 4.95. The highest BCUT2D eigenvalue weighted by Gasteiger charge is 2.40. The Morgan fingerprint density at radius 2 is 2.08 bits per heavy atom. The summed E-state index contributed by atoms with van der Waals surface area (Å²) in [6.07, 6.45) is 2.92. The normalized spacial score (nSPS) is 17.2. The van der Waals surface area contributed by atoms with Gasteiger partial charge in [0.15, 0.2) is 0 Å². The minimum Gasteiger partial charge on any atom is -0.270 e. The Morgan fingerprint density at radius 1 is 1.42 bits per heavy atom. The fourth-order valence-electron chi connectivity index (χ4n) is 1.90. The average Bonchev–Trinajstić information content (AvgIpc) is 2.83. The van der Waals surface area contributed by atoms with Crippen LogP contribution in [0.1, 0.15) is 12.5 Å². The third kappa shape index (κ3) is 4.09. The number of nitrogens with one attached hydrogen (secondary N) is 1. The largest absolute Gasteiger partial charge is 0.294 e. The predicted molar refractivity (Wildman–Crippen MR) is 88.0 cm³/mol. The van der Waals surface area contributed by atoms with Crippen LogP contribution in [-0.2, 0) is 14.4 Å². The number of carbonyl (C=O) groups excluding carboxylic acids is 3. The van der Waals surface area contributed by atoms with E-state index in [1.807, 2.05) is 0 Å². The summed E-state index contributed by atoms with van der Waals surface area (Å²) in [6, 6.07) is 4.46. The fraction of sp³-hybridized carbons (Fsp3) is 0.188. The standard InChI is InChI=1S/C16H15FN2O4S/c1-3-8-23-18-14(20)10(2)19-15(21)13(24-16(19)22)9-11-4-6-12(17)7-5-11/h3-7,9-10H,1,8H2,2H3,(H,18,20)/b13-9-. The molecule has 0 saturated carbocycles. The number of hydrogen-bond donors (Lipinski definition) is 1. The van der Waals surface area contributed by atoms with Crippen LogP contribution in [0.5, 0.6) is 0 Å². The third-order valence-electron chi connectivity index (χ3n) is 3.13. The first-order chi connectivity index (χ1) is 11.4. The lowest BCUT2D eigenvalue weighted by Gasteiger charge is -2.20. The van der Waals surface area contributed by atoms with Crippen LogP contribution < -0.4 is 5.48 Å². The van der Waals surface area contributed by atoms with Gasteiger partial charge >= 0.3 is 0 Å². The number of halogens is 1. The highest BCUT2D eigenvalue weighted by Crippen LogP contribution is 2.33. The first-order valence-corrected chi connectivity index (χ1v) is 7.81. The maximum Gasteiger partial charge on any atom is 0.294 e. The van der Waals surface area contributed by atoms with Gasteiger partial charge in [-0.05, 0) is 42.5 Å². The van der Waals surface area contributed by atoms with E-state index in [9.17, 15) is 18.8 Å². The van der Waals surface area contributed by atoms with Gasteiger partial charge in [0.05, 0.1) is 11.5 Å². The molecule has 1 unspecified atom stereocenters. The van der Waals surface area contributed by atoms with E-state index in [-0.39, 0.29) is 11.5 Å². The minimum absolute atomic E-state index is 0.102. The van der Waals surface area contributed by atoms with E-state index in [2.05, 4.69) is 12.1 Å². The van der Waals surface area contributed by atoms with Crippen molar-refractivity contribution in [2.45, 2.75) is 13.0 Å². The lowest BCUT2D eigenvalue weighted by Crippen LogP contribution is -2.47. The van der Waals surface area contributed by atoms with E-state index >= 15 is 0 Å². The van der Waals surface area contributed by atoms with Crippen molar-refractivity contribution in [2.24, 2.45) is 0 Å². The molecule has 8 heteroatoms. The van der Waals surface area contributed by atoms with Crippen LogP contribution in [0.4, 0.5) is 9.18 Å². The van der Waals surface area contributed by atoms with Gasteiger partial charge in [-0.2, -0.15) is 0 Å². The monoisotopic (exact) mass is 350 g/mol. The second-order valence-corrected chi connectivity index (χ2v) is 5.84. The Kier molecular flexibility index (Phi) is 5.88. The number of benzene rings is 1. The molecule has 1 fully saturated rings. The molecule has 1 aliphatic heterocycles. The fourth-order valence-corrected chi connectivity index (χ4v) is 2.81. The second-order valence-electron chi connectivity index (χ2n) is 4.85. The van der Waals surface area contributed by atoms with Gasteiger partial charge in [0, 0.05) is 0 Å². The van der Waals surface area contributed by atoms with Gasteiger partial charge in [0.25, 0.3) is 17.1 Å². The molecule has 0 aromatic heterocycles. The molecular weight excluding hydrogens is 335 g/mol. The Morgan fingerprint density at radius 3 is 2.71 bits per heavy atom. The molecule has 24 heavy (non-hydrogen) atoms. The second kappa shape index (κ2) is 7.89. The number of imide groups is 1. The zero-order chi connectivity index (χ0) is 17.7. The highest BCUT2D eigenvalue weighted by molar-refractivity contribution is 8.18. The maximum absolute atomic E-state index is 12.9. The van der Waals surface area contributed by atoms with E-state index < -0.39 is 28.9 Å². The lowest BCUT2D eigenvalue weighted by atomic mass is 10.2. The van der Waals surface area contributed by atoms with E-state index in [0.29, 0.717) is 5.56 Å². The number of rotatable bonds is 6. The number of amides is 3. The molecule has 1 aromatic carbocycles. The quantitative estimate of drug-likeness (QED) is 0.369. The topological polar surface area (TPSA) is 75.7 Å². The van der Waals surface area contributed by atoms with Crippen molar-refractivity contribution in [1.82, 2.24) is 10.4 Å². The van der Waals surface area contributed by atoms with Crippen LogP contribution in [0.2, 0.25) is 0 Å². The molecule has 0 spiro atoms. The molecule has 1 atom stereocenters. The molecule has 0 radical (unpaired) electrons. The summed E-state index contributed by atoms with van der Waals surface area (Å²) in [5, 5.41) is -0.556. The van der Waals surface area contributed by atoms with E-state index in [1.165, 1.54) is 43.3 Å². The molecule has 0 bridgehead atoms. The summed E-state index contributed by atoms with van der Waals surface area (Å²) >= 11 is 0.723. The van der Waals surface area contributed by atoms with Gasteiger partial charge in [-0.1, -0.05) is 18.2 Å². The summed E-state index contributed by atoms with van der Waals surface area (Å²) < 4.78 is 12.9. The van der Waals surface area contributed by atoms with Crippen molar-refractivity contribution < 1.29 is 23.6 Å². The van der Waals surface area contributed by atoms with Crippen LogP contribution in [0.25, 0.3) is 6.08 Å². The van der Waals surface area contributed by atoms with Crippen molar-refractivity contribution in [1.29, 1.82) is 0 Å². The van der Waals surface area contributed by atoms with Crippen molar-refractivity contribution in [3.05, 3.63) is 53.2 Å². The number of carbonyl (C=O) groups is 3. The maximum atomic E-state index is 12.9. The third-order valence-corrected chi connectivity index (χ3v) is 4.02. The van der Waals surface area contributed by atoms with Gasteiger partial charge in [0.1, 0.15) is 11.9 Å².